The smallest absolute Gasteiger partial charge is 0.275 e. The average Bonchev–Trinajstić information content (AvgIpc) is 2.85. The van der Waals surface area contributed by atoms with Gasteiger partial charge in [0, 0.05) is 23.7 Å². The molecule has 0 atom stereocenters. The number of nitrogens with one attached hydrogen (secondary N) is 1. The lowest BCUT2D eigenvalue weighted by atomic mass is 10.2. The Balaban J connectivity index is 2.15. The number of aromatic nitrogens is 1. The first-order valence-electron chi connectivity index (χ1n) is 5.07. The van der Waals surface area contributed by atoms with E-state index in [0.717, 1.165) is 11.3 Å². The lowest BCUT2D eigenvalue weighted by Crippen LogP contribution is -2.13. The third-order valence-electron chi connectivity index (χ3n) is 2.23. The number of thiazole rings is 1. The second kappa shape index (κ2) is 5.56. The highest BCUT2D eigenvalue weighted by molar-refractivity contribution is 7.07. The normalized spacial score (nSPS) is 10.2. The van der Waals surface area contributed by atoms with E-state index in [1.54, 1.807) is 18.0 Å². The topological polar surface area (TPSA) is 51.2 Å². The van der Waals surface area contributed by atoms with Crippen LogP contribution in [0.15, 0.2) is 35.2 Å². The van der Waals surface area contributed by atoms with Crippen molar-refractivity contribution in [1.29, 1.82) is 0 Å². The first-order valence-corrected chi connectivity index (χ1v) is 6.02. The summed E-state index contributed by atoms with van der Waals surface area (Å²) in [4.78, 5) is 15.8. The van der Waals surface area contributed by atoms with Crippen molar-refractivity contribution in [3.05, 3.63) is 46.4 Å². The highest BCUT2D eigenvalue weighted by Crippen LogP contribution is 2.16. The van der Waals surface area contributed by atoms with E-state index in [1.165, 1.54) is 11.3 Å². The van der Waals surface area contributed by atoms with E-state index in [1.807, 2.05) is 24.3 Å². The summed E-state index contributed by atoms with van der Waals surface area (Å²) in [6, 6.07) is 7.54. The van der Waals surface area contributed by atoms with Crippen LogP contribution in [0.2, 0.25) is 0 Å². The van der Waals surface area contributed by atoms with Crippen molar-refractivity contribution in [3.63, 3.8) is 0 Å². The van der Waals surface area contributed by atoms with E-state index in [4.69, 9.17) is 4.74 Å². The van der Waals surface area contributed by atoms with Gasteiger partial charge in [0.05, 0.1) is 12.1 Å². The van der Waals surface area contributed by atoms with Crippen molar-refractivity contribution in [2.24, 2.45) is 0 Å². The number of ether oxygens (including phenoxy) is 1. The lowest BCUT2D eigenvalue weighted by molar-refractivity contribution is 0.102. The van der Waals surface area contributed by atoms with Crippen LogP contribution in [0.4, 0.5) is 5.69 Å². The number of hydrogen-bond donors (Lipinski definition) is 1. The highest BCUT2D eigenvalue weighted by atomic mass is 32.1. The number of carbonyl (C=O) groups is 1. The van der Waals surface area contributed by atoms with Gasteiger partial charge >= 0.3 is 0 Å². The Kier molecular flexibility index (Phi) is 3.85. The van der Waals surface area contributed by atoms with Crippen molar-refractivity contribution < 1.29 is 9.53 Å². The first-order chi connectivity index (χ1) is 8.31. The molecule has 1 heterocycles. The molecule has 0 fully saturated rings. The quantitative estimate of drug-likeness (QED) is 0.904. The molecule has 0 spiro atoms. The fraction of sp³-hybridized carbons (Fsp3) is 0.167. The summed E-state index contributed by atoms with van der Waals surface area (Å²) in [5, 5.41) is 4.54. The predicted octanol–water partition coefficient (Wildman–Crippen LogP) is 2.54. The Morgan fingerprint density at radius 1 is 1.47 bits per heavy atom. The van der Waals surface area contributed by atoms with Crippen molar-refractivity contribution in [1.82, 2.24) is 4.98 Å². The summed E-state index contributed by atoms with van der Waals surface area (Å²) in [6.45, 7) is 0.466. The van der Waals surface area contributed by atoms with Gasteiger partial charge in [0.25, 0.3) is 5.91 Å². The van der Waals surface area contributed by atoms with Crippen LogP contribution >= 0.6 is 11.3 Å². The van der Waals surface area contributed by atoms with Crippen LogP contribution < -0.4 is 5.32 Å². The van der Waals surface area contributed by atoms with E-state index in [0.29, 0.717) is 12.3 Å². The zero-order valence-corrected chi connectivity index (χ0v) is 10.2. The SMILES string of the molecule is COCc1ccccc1NC(=O)c1cscn1. The molecule has 17 heavy (non-hydrogen) atoms. The predicted molar refractivity (Wildman–Crippen MR) is 67.2 cm³/mol. The van der Waals surface area contributed by atoms with E-state index < -0.39 is 0 Å². The Hall–Kier alpha value is -1.72. The molecule has 2 rings (SSSR count). The maximum Gasteiger partial charge on any atom is 0.275 e. The Morgan fingerprint density at radius 3 is 3.00 bits per heavy atom. The highest BCUT2D eigenvalue weighted by Gasteiger charge is 2.09. The van der Waals surface area contributed by atoms with Crippen molar-refractivity contribution >= 4 is 22.9 Å². The van der Waals surface area contributed by atoms with Crippen LogP contribution in [-0.4, -0.2) is 18.0 Å². The largest absolute Gasteiger partial charge is 0.380 e. The van der Waals surface area contributed by atoms with Crippen LogP contribution in [-0.2, 0) is 11.3 Å². The van der Waals surface area contributed by atoms with Gasteiger partial charge in [-0.3, -0.25) is 4.79 Å². The molecule has 1 amide bonds. The average molecular weight is 248 g/mol. The van der Waals surface area contributed by atoms with Crippen LogP contribution in [0.1, 0.15) is 16.1 Å². The lowest BCUT2D eigenvalue weighted by Gasteiger charge is -2.09. The molecule has 0 saturated carbocycles. The molecule has 5 heteroatoms. The van der Waals surface area contributed by atoms with Crippen LogP contribution in [0, 0.1) is 0 Å². The fourth-order valence-electron chi connectivity index (χ4n) is 1.43. The molecule has 0 radical (unpaired) electrons. The number of anilines is 1. The second-order valence-corrected chi connectivity index (χ2v) is 4.14. The first kappa shape index (κ1) is 11.8. The molecule has 0 saturated heterocycles. The maximum atomic E-state index is 11.8. The summed E-state index contributed by atoms with van der Waals surface area (Å²) >= 11 is 1.40. The number of carbonyl (C=O) groups excluding carboxylic acids is 1. The van der Waals surface area contributed by atoms with Gasteiger partial charge < -0.3 is 10.1 Å². The summed E-state index contributed by atoms with van der Waals surface area (Å²) in [7, 11) is 1.62. The van der Waals surface area contributed by atoms with Crippen molar-refractivity contribution in [3.8, 4) is 0 Å². The van der Waals surface area contributed by atoms with Crippen LogP contribution in [0.25, 0.3) is 0 Å². The molecule has 0 aliphatic carbocycles. The van der Waals surface area contributed by atoms with Gasteiger partial charge in [-0.2, -0.15) is 0 Å². The maximum absolute atomic E-state index is 11.8. The van der Waals surface area contributed by atoms with Gasteiger partial charge in [0.15, 0.2) is 0 Å². The molecule has 2 aromatic rings. The molecule has 0 aliphatic rings. The summed E-state index contributed by atoms with van der Waals surface area (Å²) in [6.07, 6.45) is 0. The molecule has 1 N–H and O–H groups in total. The molecule has 0 unspecified atom stereocenters. The van der Waals surface area contributed by atoms with Crippen LogP contribution in [0.5, 0.6) is 0 Å². The molecule has 4 nitrogen and oxygen atoms in total. The molecule has 1 aromatic heterocycles. The number of amides is 1. The summed E-state index contributed by atoms with van der Waals surface area (Å²) < 4.78 is 5.08. The summed E-state index contributed by atoms with van der Waals surface area (Å²) in [5.41, 5.74) is 3.77. The van der Waals surface area contributed by atoms with Crippen molar-refractivity contribution in [2.45, 2.75) is 6.61 Å². The van der Waals surface area contributed by atoms with Gasteiger partial charge in [-0.1, -0.05) is 18.2 Å². The van der Waals surface area contributed by atoms with Gasteiger partial charge in [-0.25, -0.2) is 4.98 Å². The molecule has 0 aliphatic heterocycles. The van der Waals surface area contributed by atoms with Gasteiger partial charge in [0.2, 0.25) is 0 Å². The number of nitrogens with zero attached hydrogens (tertiary/aromatic N) is 1. The Labute approximate surface area is 103 Å². The molecule has 0 bridgehead atoms. The number of benzene rings is 1. The third-order valence-corrected chi connectivity index (χ3v) is 2.82. The van der Waals surface area contributed by atoms with Gasteiger partial charge in [0.1, 0.15) is 5.69 Å². The number of methoxy groups -OCH3 is 1. The zero-order valence-electron chi connectivity index (χ0n) is 9.34. The van der Waals surface area contributed by atoms with Crippen molar-refractivity contribution in [2.75, 3.05) is 12.4 Å². The zero-order chi connectivity index (χ0) is 12.1. The Morgan fingerprint density at radius 2 is 2.29 bits per heavy atom. The molecule has 1 aromatic carbocycles. The third kappa shape index (κ3) is 2.89. The van der Waals surface area contributed by atoms with E-state index in [2.05, 4.69) is 10.3 Å². The minimum Gasteiger partial charge on any atom is -0.380 e. The van der Waals surface area contributed by atoms with Gasteiger partial charge in [-0.05, 0) is 6.07 Å². The fourth-order valence-corrected chi connectivity index (χ4v) is 1.97. The molecular weight excluding hydrogens is 236 g/mol. The van der Waals surface area contributed by atoms with E-state index >= 15 is 0 Å². The summed E-state index contributed by atoms with van der Waals surface area (Å²) in [5.74, 6) is -0.199. The monoisotopic (exact) mass is 248 g/mol. The minimum absolute atomic E-state index is 0.199. The second-order valence-electron chi connectivity index (χ2n) is 3.42. The Bertz CT molecular complexity index is 497. The molecular formula is C12H12N2O2S. The number of rotatable bonds is 4. The van der Waals surface area contributed by atoms with E-state index in [-0.39, 0.29) is 5.91 Å². The van der Waals surface area contributed by atoms with E-state index in [9.17, 15) is 4.79 Å². The van der Waals surface area contributed by atoms with Gasteiger partial charge in [-0.15, -0.1) is 11.3 Å². The van der Waals surface area contributed by atoms with Crippen LogP contribution in [0.3, 0.4) is 0 Å². The number of para-hydroxylation sites is 1. The standard InChI is InChI=1S/C12H12N2O2S/c1-16-6-9-4-2-3-5-10(9)14-12(15)11-7-17-8-13-11/h2-5,7-8H,6H2,1H3,(H,14,15). The molecule has 88 valence electrons. The number of hydrogen-bond acceptors (Lipinski definition) is 4. The minimum atomic E-state index is -0.199.